The van der Waals surface area contributed by atoms with Gasteiger partial charge in [-0.25, -0.2) is 0 Å². The van der Waals surface area contributed by atoms with Crippen molar-refractivity contribution in [3.63, 3.8) is 0 Å². The van der Waals surface area contributed by atoms with Crippen molar-refractivity contribution in [3.05, 3.63) is 47.4 Å². The number of benzene rings is 1. The van der Waals surface area contributed by atoms with Crippen LogP contribution in [-0.2, 0) is 13.2 Å². The number of ether oxygens (including phenoxy) is 2. The SMILES string of the molecule is COc1ccc(OCc2cc(C)c(CNC3CC3)o2)cc1. The molecule has 0 bridgehead atoms. The highest BCUT2D eigenvalue weighted by Gasteiger charge is 2.21. The van der Waals surface area contributed by atoms with Crippen LogP contribution in [0.4, 0.5) is 0 Å². The summed E-state index contributed by atoms with van der Waals surface area (Å²) in [6.45, 7) is 3.32. The molecule has 1 aromatic heterocycles. The minimum atomic E-state index is 0.441. The van der Waals surface area contributed by atoms with Gasteiger partial charge >= 0.3 is 0 Å². The fourth-order valence-corrected chi connectivity index (χ4v) is 2.19. The number of methoxy groups -OCH3 is 1. The summed E-state index contributed by atoms with van der Waals surface area (Å²) in [7, 11) is 1.65. The van der Waals surface area contributed by atoms with E-state index in [2.05, 4.69) is 12.2 Å². The lowest BCUT2D eigenvalue weighted by molar-refractivity contribution is 0.264. The zero-order chi connectivity index (χ0) is 14.7. The predicted octanol–water partition coefficient (Wildman–Crippen LogP) is 3.43. The highest BCUT2D eigenvalue weighted by Crippen LogP contribution is 2.22. The van der Waals surface area contributed by atoms with Crippen LogP contribution in [0.15, 0.2) is 34.7 Å². The van der Waals surface area contributed by atoms with E-state index in [1.54, 1.807) is 7.11 Å². The van der Waals surface area contributed by atoms with E-state index < -0.39 is 0 Å². The van der Waals surface area contributed by atoms with Crippen LogP contribution < -0.4 is 14.8 Å². The number of hydrogen-bond acceptors (Lipinski definition) is 4. The third kappa shape index (κ3) is 3.79. The molecular formula is C17H21NO3. The first-order chi connectivity index (χ1) is 10.2. The standard InChI is InChI=1S/C17H21NO3/c1-12-9-16(21-17(12)10-18-13-3-4-13)11-20-15-7-5-14(19-2)6-8-15/h5-9,13,18H,3-4,10-11H2,1-2H3. The zero-order valence-electron chi connectivity index (χ0n) is 12.5. The zero-order valence-corrected chi connectivity index (χ0v) is 12.5. The molecule has 0 amide bonds. The lowest BCUT2D eigenvalue weighted by Crippen LogP contribution is -2.15. The van der Waals surface area contributed by atoms with Crippen molar-refractivity contribution in [2.24, 2.45) is 0 Å². The predicted molar refractivity (Wildman–Crippen MR) is 80.6 cm³/mol. The van der Waals surface area contributed by atoms with Crippen LogP contribution in [0.5, 0.6) is 11.5 Å². The van der Waals surface area contributed by atoms with Gasteiger partial charge in [0.1, 0.15) is 29.6 Å². The quantitative estimate of drug-likeness (QED) is 0.847. The van der Waals surface area contributed by atoms with E-state index in [1.807, 2.05) is 30.3 Å². The molecule has 2 aromatic rings. The Bertz CT molecular complexity index is 585. The second kappa shape index (κ2) is 6.22. The van der Waals surface area contributed by atoms with Gasteiger partial charge in [0.2, 0.25) is 0 Å². The molecule has 1 aromatic carbocycles. The van der Waals surface area contributed by atoms with E-state index in [0.29, 0.717) is 12.6 Å². The van der Waals surface area contributed by atoms with Gasteiger partial charge in [0.05, 0.1) is 13.7 Å². The van der Waals surface area contributed by atoms with Gasteiger partial charge in [0.15, 0.2) is 0 Å². The summed E-state index contributed by atoms with van der Waals surface area (Å²) in [5.41, 5.74) is 1.18. The lowest BCUT2D eigenvalue weighted by atomic mass is 10.2. The largest absolute Gasteiger partial charge is 0.497 e. The molecule has 0 aliphatic heterocycles. The molecule has 3 rings (SSSR count). The van der Waals surface area contributed by atoms with Crippen LogP contribution in [0, 0.1) is 6.92 Å². The fourth-order valence-electron chi connectivity index (χ4n) is 2.19. The molecule has 4 nitrogen and oxygen atoms in total. The van der Waals surface area contributed by atoms with Crippen molar-refractivity contribution in [2.75, 3.05) is 7.11 Å². The van der Waals surface area contributed by atoms with Gasteiger partial charge < -0.3 is 19.2 Å². The van der Waals surface area contributed by atoms with Gasteiger partial charge in [-0.05, 0) is 55.7 Å². The van der Waals surface area contributed by atoms with Crippen LogP contribution in [-0.4, -0.2) is 13.2 Å². The molecule has 0 unspecified atom stereocenters. The molecule has 1 aliphatic carbocycles. The molecule has 0 radical (unpaired) electrons. The second-order valence-electron chi connectivity index (χ2n) is 5.44. The van der Waals surface area contributed by atoms with Crippen molar-refractivity contribution in [2.45, 2.75) is 39.0 Å². The molecule has 1 aliphatic rings. The van der Waals surface area contributed by atoms with Crippen LogP contribution in [0.2, 0.25) is 0 Å². The van der Waals surface area contributed by atoms with Crippen molar-refractivity contribution in [1.82, 2.24) is 5.32 Å². The van der Waals surface area contributed by atoms with Crippen molar-refractivity contribution >= 4 is 0 Å². The van der Waals surface area contributed by atoms with Crippen molar-refractivity contribution in [3.8, 4) is 11.5 Å². The molecule has 1 heterocycles. The summed E-state index contributed by atoms with van der Waals surface area (Å²) in [4.78, 5) is 0. The second-order valence-corrected chi connectivity index (χ2v) is 5.44. The van der Waals surface area contributed by atoms with E-state index in [-0.39, 0.29) is 0 Å². The van der Waals surface area contributed by atoms with E-state index >= 15 is 0 Å². The van der Waals surface area contributed by atoms with Crippen molar-refractivity contribution < 1.29 is 13.9 Å². The summed E-state index contributed by atoms with van der Waals surface area (Å²) < 4.78 is 16.7. The minimum Gasteiger partial charge on any atom is -0.497 e. The maximum absolute atomic E-state index is 5.85. The first kappa shape index (κ1) is 14.0. The Morgan fingerprint density at radius 2 is 1.90 bits per heavy atom. The van der Waals surface area contributed by atoms with Crippen LogP contribution >= 0.6 is 0 Å². The topological polar surface area (TPSA) is 43.6 Å². The summed E-state index contributed by atoms with van der Waals surface area (Å²) >= 11 is 0. The fraction of sp³-hybridized carbons (Fsp3) is 0.412. The number of nitrogens with one attached hydrogen (secondary N) is 1. The normalized spacial score (nSPS) is 14.2. The lowest BCUT2D eigenvalue weighted by Gasteiger charge is -2.05. The summed E-state index contributed by atoms with van der Waals surface area (Å²) in [5.74, 6) is 3.50. The average molecular weight is 287 g/mol. The first-order valence-corrected chi connectivity index (χ1v) is 7.33. The van der Waals surface area contributed by atoms with Gasteiger partial charge in [0.25, 0.3) is 0 Å². The van der Waals surface area contributed by atoms with Gasteiger partial charge in [-0.15, -0.1) is 0 Å². The van der Waals surface area contributed by atoms with Crippen molar-refractivity contribution in [1.29, 1.82) is 0 Å². The Kier molecular flexibility index (Phi) is 4.15. The molecule has 1 N–H and O–H groups in total. The first-order valence-electron chi connectivity index (χ1n) is 7.33. The molecule has 0 spiro atoms. The number of aryl methyl sites for hydroxylation is 1. The van der Waals surface area contributed by atoms with E-state index in [1.165, 1.54) is 18.4 Å². The maximum Gasteiger partial charge on any atom is 0.146 e. The van der Waals surface area contributed by atoms with Gasteiger partial charge in [-0.1, -0.05) is 0 Å². The van der Waals surface area contributed by atoms with Crippen LogP contribution in [0.3, 0.4) is 0 Å². The molecule has 112 valence electrons. The average Bonchev–Trinajstić information content (AvgIpc) is 3.27. The van der Waals surface area contributed by atoms with E-state index in [9.17, 15) is 0 Å². The minimum absolute atomic E-state index is 0.441. The van der Waals surface area contributed by atoms with Gasteiger partial charge in [-0.3, -0.25) is 0 Å². The number of hydrogen-bond donors (Lipinski definition) is 1. The molecule has 1 fully saturated rings. The molecule has 0 atom stereocenters. The van der Waals surface area contributed by atoms with Crippen LogP contribution in [0.1, 0.15) is 29.9 Å². The number of furan rings is 1. The third-order valence-electron chi connectivity index (χ3n) is 3.64. The molecule has 1 saturated carbocycles. The summed E-state index contributed by atoms with van der Waals surface area (Å²) in [6.07, 6.45) is 2.57. The highest BCUT2D eigenvalue weighted by molar-refractivity contribution is 5.31. The Labute approximate surface area is 125 Å². The van der Waals surface area contributed by atoms with Gasteiger partial charge in [0, 0.05) is 6.04 Å². The summed E-state index contributed by atoms with van der Waals surface area (Å²) in [6, 6.07) is 10.3. The van der Waals surface area contributed by atoms with Crippen LogP contribution in [0.25, 0.3) is 0 Å². The van der Waals surface area contributed by atoms with E-state index in [4.69, 9.17) is 13.9 Å². The Hall–Kier alpha value is -1.94. The van der Waals surface area contributed by atoms with E-state index in [0.717, 1.165) is 29.6 Å². The number of rotatable bonds is 7. The Morgan fingerprint density at radius 3 is 2.57 bits per heavy atom. The maximum atomic E-state index is 5.85. The Morgan fingerprint density at radius 1 is 1.19 bits per heavy atom. The highest BCUT2D eigenvalue weighted by atomic mass is 16.5. The molecule has 21 heavy (non-hydrogen) atoms. The monoisotopic (exact) mass is 287 g/mol. The third-order valence-corrected chi connectivity index (χ3v) is 3.64. The smallest absolute Gasteiger partial charge is 0.146 e. The van der Waals surface area contributed by atoms with Gasteiger partial charge in [-0.2, -0.15) is 0 Å². The molecule has 4 heteroatoms. The molecule has 0 saturated heterocycles. The summed E-state index contributed by atoms with van der Waals surface area (Å²) in [5, 5.41) is 3.47. The molecular weight excluding hydrogens is 266 g/mol. The Balaban J connectivity index is 1.55.